The molecule has 1 aromatic heterocycles. The lowest BCUT2D eigenvalue weighted by Crippen LogP contribution is -2.27. The summed E-state index contributed by atoms with van der Waals surface area (Å²) in [5, 5.41) is 5.72. The third-order valence-electron chi connectivity index (χ3n) is 4.90. The molecule has 5 nitrogen and oxygen atoms in total. The zero-order valence-electron chi connectivity index (χ0n) is 12.6. The van der Waals surface area contributed by atoms with Crippen molar-refractivity contribution in [2.24, 2.45) is 0 Å². The molecule has 1 aromatic carbocycles. The Bertz CT molecular complexity index is 817. The van der Waals surface area contributed by atoms with E-state index in [1.165, 1.54) is 12.1 Å². The van der Waals surface area contributed by atoms with Gasteiger partial charge in [-0.2, -0.15) is 0 Å². The average molecular weight is 315 g/mol. The van der Waals surface area contributed by atoms with Crippen molar-refractivity contribution in [2.75, 3.05) is 5.32 Å². The molecule has 1 amide bonds. The number of halogens is 1. The number of benzene rings is 1. The number of nitrogens with zero attached hydrogens (tertiary/aromatic N) is 1. The Morgan fingerprint density at radius 2 is 1.96 bits per heavy atom. The highest BCUT2D eigenvalue weighted by Crippen LogP contribution is 2.38. The van der Waals surface area contributed by atoms with Gasteiger partial charge in [0.1, 0.15) is 11.6 Å². The number of fused-ring (bicyclic) bond motifs is 1. The highest BCUT2D eigenvalue weighted by molar-refractivity contribution is 5.94. The number of rotatable bonds is 2. The van der Waals surface area contributed by atoms with Crippen LogP contribution >= 0.6 is 0 Å². The number of H-pyrrole nitrogens is 1. The molecular formula is C17H18FN3O2. The van der Waals surface area contributed by atoms with E-state index in [9.17, 15) is 14.0 Å². The van der Waals surface area contributed by atoms with Gasteiger partial charge in [-0.3, -0.25) is 19.4 Å². The third kappa shape index (κ3) is 2.38. The maximum Gasteiger partial charge on any atom is 0.270 e. The summed E-state index contributed by atoms with van der Waals surface area (Å²) in [6.45, 7) is 0. The van der Waals surface area contributed by atoms with E-state index < -0.39 is 5.92 Å². The monoisotopic (exact) mass is 315 g/mol. The predicted octanol–water partition coefficient (Wildman–Crippen LogP) is 2.90. The van der Waals surface area contributed by atoms with Crippen LogP contribution in [0.25, 0.3) is 0 Å². The van der Waals surface area contributed by atoms with E-state index in [0.717, 1.165) is 25.7 Å². The standard InChI is InChI=1S/C17H18FN3O2/c18-11-5-3-4-10(8-11)13-9-14(22)19-16-15(13)17(23)20-21(16)12-6-1-2-7-12/h3-5,8,12-13H,1-2,6-7,9H2,(H,19,22)(H,20,23). The molecule has 1 aliphatic carbocycles. The van der Waals surface area contributed by atoms with E-state index in [4.69, 9.17) is 0 Å². The second kappa shape index (κ2) is 5.37. The number of hydrogen-bond donors (Lipinski definition) is 2. The molecule has 0 radical (unpaired) electrons. The van der Waals surface area contributed by atoms with Crippen LogP contribution in [-0.2, 0) is 4.79 Å². The Hall–Kier alpha value is -2.37. The van der Waals surface area contributed by atoms with Gasteiger partial charge >= 0.3 is 0 Å². The molecule has 0 bridgehead atoms. The van der Waals surface area contributed by atoms with Gasteiger partial charge in [0.25, 0.3) is 5.56 Å². The molecule has 6 heteroatoms. The number of nitrogens with one attached hydrogen (secondary N) is 2. The van der Waals surface area contributed by atoms with Gasteiger partial charge in [0.05, 0.1) is 11.6 Å². The number of hydrogen-bond acceptors (Lipinski definition) is 2. The van der Waals surface area contributed by atoms with Crippen molar-refractivity contribution in [3.63, 3.8) is 0 Å². The second-order valence-corrected chi connectivity index (χ2v) is 6.37. The highest BCUT2D eigenvalue weighted by atomic mass is 19.1. The number of amides is 1. The molecule has 0 spiro atoms. The van der Waals surface area contributed by atoms with E-state index >= 15 is 0 Å². The number of aromatic nitrogens is 2. The van der Waals surface area contributed by atoms with Crippen LogP contribution in [0.4, 0.5) is 10.2 Å². The normalized spacial score (nSPS) is 21.3. The summed E-state index contributed by atoms with van der Waals surface area (Å²) in [6, 6.07) is 6.36. The lowest BCUT2D eigenvalue weighted by molar-refractivity contribution is -0.116. The van der Waals surface area contributed by atoms with Crippen molar-refractivity contribution in [3.8, 4) is 0 Å². The Kier molecular flexibility index (Phi) is 3.32. The zero-order chi connectivity index (χ0) is 16.0. The molecule has 23 heavy (non-hydrogen) atoms. The first-order chi connectivity index (χ1) is 11.1. The molecule has 2 N–H and O–H groups in total. The fourth-order valence-electron chi connectivity index (χ4n) is 3.83. The second-order valence-electron chi connectivity index (χ2n) is 6.37. The summed E-state index contributed by atoms with van der Waals surface area (Å²) in [4.78, 5) is 24.6. The first kappa shape index (κ1) is 14.2. The molecule has 1 fully saturated rings. The van der Waals surface area contributed by atoms with Gasteiger partial charge in [-0.1, -0.05) is 25.0 Å². The van der Waals surface area contributed by atoms with Crippen LogP contribution in [0.2, 0.25) is 0 Å². The predicted molar refractivity (Wildman–Crippen MR) is 84.0 cm³/mol. The first-order valence-electron chi connectivity index (χ1n) is 8.03. The van der Waals surface area contributed by atoms with Crippen molar-refractivity contribution in [1.82, 2.24) is 9.78 Å². The number of carbonyl (C=O) groups excluding carboxylic acids is 1. The Morgan fingerprint density at radius 3 is 2.70 bits per heavy atom. The van der Waals surface area contributed by atoms with Crippen LogP contribution in [0.3, 0.4) is 0 Å². The van der Waals surface area contributed by atoms with Crippen molar-refractivity contribution in [3.05, 3.63) is 51.6 Å². The topological polar surface area (TPSA) is 66.9 Å². The molecule has 4 rings (SSSR count). The quantitative estimate of drug-likeness (QED) is 0.895. The molecule has 1 saturated carbocycles. The lowest BCUT2D eigenvalue weighted by atomic mass is 9.87. The maximum absolute atomic E-state index is 13.6. The smallest absolute Gasteiger partial charge is 0.270 e. The Labute approximate surface area is 132 Å². The first-order valence-corrected chi connectivity index (χ1v) is 8.03. The minimum Gasteiger partial charge on any atom is -0.311 e. The van der Waals surface area contributed by atoms with Crippen molar-refractivity contribution < 1.29 is 9.18 Å². The number of carbonyl (C=O) groups is 1. The molecule has 2 aromatic rings. The van der Waals surface area contributed by atoms with Crippen LogP contribution in [0.5, 0.6) is 0 Å². The van der Waals surface area contributed by atoms with E-state index in [1.54, 1.807) is 12.1 Å². The molecule has 2 aliphatic rings. The van der Waals surface area contributed by atoms with Gasteiger partial charge in [0, 0.05) is 12.3 Å². The average Bonchev–Trinajstić information content (AvgIpc) is 3.15. The summed E-state index contributed by atoms with van der Waals surface area (Å²) in [6.07, 6.45) is 4.41. The van der Waals surface area contributed by atoms with E-state index in [1.807, 2.05) is 4.68 Å². The number of aromatic amines is 1. The molecule has 120 valence electrons. The SMILES string of the molecule is O=C1CC(c2cccc(F)c2)c2c(n(C3CCCC3)[nH]c2=O)N1. The zero-order valence-corrected chi connectivity index (χ0v) is 12.6. The third-order valence-corrected chi connectivity index (χ3v) is 4.90. The van der Waals surface area contributed by atoms with Gasteiger partial charge in [-0.05, 0) is 30.5 Å². The van der Waals surface area contributed by atoms with E-state index in [2.05, 4.69) is 10.4 Å². The molecule has 1 atom stereocenters. The minimum absolute atomic E-state index is 0.141. The summed E-state index contributed by atoms with van der Waals surface area (Å²) < 4.78 is 15.4. The van der Waals surface area contributed by atoms with Gasteiger partial charge in [0.2, 0.25) is 5.91 Å². The van der Waals surface area contributed by atoms with Crippen LogP contribution in [0.15, 0.2) is 29.1 Å². The van der Waals surface area contributed by atoms with Crippen LogP contribution in [-0.4, -0.2) is 15.7 Å². The summed E-state index contributed by atoms with van der Waals surface area (Å²) in [7, 11) is 0. The highest BCUT2D eigenvalue weighted by Gasteiger charge is 2.34. The molecule has 1 aliphatic heterocycles. The maximum atomic E-state index is 13.6. The van der Waals surface area contributed by atoms with Crippen LogP contribution in [0.1, 0.15) is 55.2 Å². The van der Waals surface area contributed by atoms with Gasteiger partial charge in [-0.25, -0.2) is 4.39 Å². The molecular weight excluding hydrogens is 297 g/mol. The van der Waals surface area contributed by atoms with Gasteiger partial charge in [-0.15, -0.1) is 0 Å². The van der Waals surface area contributed by atoms with Crippen molar-refractivity contribution in [2.45, 2.75) is 44.1 Å². The Morgan fingerprint density at radius 1 is 1.17 bits per heavy atom. The van der Waals surface area contributed by atoms with E-state index in [-0.39, 0.29) is 29.7 Å². The largest absolute Gasteiger partial charge is 0.311 e. The van der Waals surface area contributed by atoms with E-state index in [0.29, 0.717) is 16.9 Å². The fraction of sp³-hybridized carbons (Fsp3) is 0.412. The lowest BCUT2D eigenvalue weighted by Gasteiger charge is -2.24. The van der Waals surface area contributed by atoms with Crippen molar-refractivity contribution >= 4 is 11.7 Å². The number of anilines is 1. The summed E-state index contributed by atoms with van der Waals surface area (Å²) in [5.41, 5.74) is 1.01. The minimum atomic E-state index is -0.402. The van der Waals surface area contributed by atoms with Crippen molar-refractivity contribution in [1.29, 1.82) is 0 Å². The molecule has 2 heterocycles. The molecule has 0 saturated heterocycles. The fourth-order valence-corrected chi connectivity index (χ4v) is 3.83. The van der Waals surface area contributed by atoms with Gasteiger partial charge in [0.15, 0.2) is 0 Å². The molecule has 1 unspecified atom stereocenters. The Balaban J connectivity index is 1.84. The van der Waals surface area contributed by atoms with Crippen LogP contribution in [0, 0.1) is 5.82 Å². The summed E-state index contributed by atoms with van der Waals surface area (Å²) >= 11 is 0. The van der Waals surface area contributed by atoms with Crippen LogP contribution < -0.4 is 10.9 Å². The van der Waals surface area contributed by atoms with Gasteiger partial charge < -0.3 is 5.32 Å². The summed E-state index contributed by atoms with van der Waals surface area (Å²) in [5.74, 6) is -0.340.